The third-order valence-electron chi connectivity index (χ3n) is 3.82. The van der Waals surface area contributed by atoms with Crippen LogP contribution in [0.2, 0.25) is 0 Å². The van der Waals surface area contributed by atoms with E-state index in [0.717, 1.165) is 17.5 Å². The first-order valence-corrected chi connectivity index (χ1v) is 7.57. The highest BCUT2D eigenvalue weighted by Crippen LogP contribution is 2.18. The third-order valence-corrected chi connectivity index (χ3v) is 3.82. The van der Waals surface area contributed by atoms with Crippen LogP contribution in [0, 0.1) is 6.92 Å². The van der Waals surface area contributed by atoms with Crippen molar-refractivity contribution < 1.29 is 14.7 Å². The second-order valence-corrected chi connectivity index (χ2v) is 5.52. The van der Waals surface area contributed by atoms with E-state index >= 15 is 0 Å². The summed E-state index contributed by atoms with van der Waals surface area (Å²) in [6.45, 7) is 5.49. The molecule has 0 aliphatic carbocycles. The minimum atomic E-state index is -1.03. The maximum absolute atomic E-state index is 12.5. The summed E-state index contributed by atoms with van der Waals surface area (Å²) in [7, 11) is 0. The molecule has 6 nitrogen and oxygen atoms in total. The zero-order valence-electron chi connectivity index (χ0n) is 13.5. The van der Waals surface area contributed by atoms with Crippen molar-refractivity contribution in [3.05, 3.63) is 53.3 Å². The molecule has 1 aromatic heterocycles. The molecule has 1 aromatic carbocycles. The number of aromatic nitrogens is 2. The molecule has 0 saturated heterocycles. The molecule has 0 saturated carbocycles. The second-order valence-electron chi connectivity index (χ2n) is 5.52. The number of benzene rings is 1. The molecular formula is C17H21N3O3. The Kier molecular flexibility index (Phi) is 5.16. The average molecular weight is 315 g/mol. The predicted octanol–water partition coefficient (Wildman–Crippen LogP) is 2.72. The van der Waals surface area contributed by atoms with Gasteiger partial charge in [-0.15, -0.1) is 0 Å². The summed E-state index contributed by atoms with van der Waals surface area (Å²) in [6, 6.07) is 8.47. The van der Waals surface area contributed by atoms with Crippen LogP contribution in [0.1, 0.15) is 54.0 Å². The lowest BCUT2D eigenvalue weighted by Crippen LogP contribution is -2.31. The fourth-order valence-corrected chi connectivity index (χ4v) is 2.36. The summed E-state index contributed by atoms with van der Waals surface area (Å²) in [6.07, 6.45) is 2.17. The van der Waals surface area contributed by atoms with Crippen LogP contribution < -0.4 is 5.32 Å². The Morgan fingerprint density at radius 2 is 1.91 bits per heavy atom. The summed E-state index contributed by atoms with van der Waals surface area (Å²) in [5, 5.41) is 16.0. The van der Waals surface area contributed by atoms with Gasteiger partial charge < -0.3 is 10.4 Å². The molecule has 1 heterocycles. The molecule has 2 atom stereocenters. The van der Waals surface area contributed by atoms with Crippen LogP contribution in [0.25, 0.3) is 0 Å². The number of carboxylic acid groups (broad SMARTS) is 1. The van der Waals surface area contributed by atoms with Crippen LogP contribution in [0.4, 0.5) is 0 Å². The number of aliphatic carboxylic acids is 1. The first-order valence-electron chi connectivity index (χ1n) is 7.57. The normalized spacial score (nSPS) is 13.3. The van der Waals surface area contributed by atoms with Crippen molar-refractivity contribution >= 4 is 11.9 Å². The molecule has 0 aliphatic heterocycles. The molecule has 1 amide bonds. The quantitative estimate of drug-likeness (QED) is 0.858. The summed E-state index contributed by atoms with van der Waals surface area (Å²) in [5.41, 5.74) is 2.41. The van der Waals surface area contributed by atoms with Crippen molar-refractivity contribution in [2.24, 2.45) is 0 Å². The van der Waals surface area contributed by atoms with Gasteiger partial charge in [0.05, 0.1) is 6.04 Å². The number of carbonyl (C=O) groups is 2. The highest BCUT2D eigenvalue weighted by molar-refractivity contribution is 5.93. The minimum Gasteiger partial charge on any atom is -0.480 e. The molecule has 0 fully saturated rings. The zero-order chi connectivity index (χ0) is 17.0. The first kappa shape index (κ1) is 16.7. The van der Waals surface area contributed by atoms with E-state index in [-0.39, 0.29) is 17.6 Å². The largest absolute Gasteiger partial charge is 0.480 e. The van der Waals surface area contributed by atoms with E-state index in [2.05, 4.69) is 10.4 Å². The number of carbonyl (C=O) groups excluding carboxylic acids is 1. The van der Waals surface area contributed by atoms with Gasteiger partial charge >= 0.3 is 5.97 Å². The van der Waals surface area contributed by atoms with Gasteiger partial charge in [-0.2, -0.15) is 5.10 Å². The van der Waals surface area contributed by atoms with Crippen molar-refractivity contribution in [1.29, 1.82) is 0 Å². The molecule has 0 spiro atoms. The van der Waals surface area contributed by atoms with Gasteiger partial charge in [0.25, 0.3) is 5.91 Å². The Morgan fingerprint density at radius 3 is 2.48 bits per heavy atom. The monoisotopic (exact) mass is 315 g/mol. The van der Waals surface area contributed by atoms with Crippen LogP contribution >= 0.6 is 0 Å². The molecule has 0 radical (unpaired) electrons. The summed E-state index contributed by atoms with van der Waals surface area (Å²) >= 11 is 0. The van der Waals surface area contributed by atoms with Crippen molar-refractivity contribution in [2.75, 3.05) is 0 Å². The Morgan fingerprint density at radius 1 is 1.26 bits per heavy atom. The Bertz CT molecular complexity index is 691. The van der Waals surface area contributed by atoms with Gasteiger partial charge in [0, 0.05) is 6.20 Å². The molecule has 2 unspecified atom stereocenters. The Hall–Kier alpha value is -2.63. The number of nitrogens with one attached hydrogen (secondary N) is 1. The molecule has 2 rings (SSSR count). The van der Waals surface area contributed by atoms with E-state index in [1.807, 2.05) is 38.1 Å². The molecule has 2 N–H and O–H groups in total. The molecule has 122 valence electrons. The predicted molar refractivity (Wildman–Crippen MR) is 86.3 cm³/mol. The van der Waals surface area contributed by atoms with Gasteiger partial charge in [-0.1, -0.05) is 36.8 Å². The van der Waals surface area contributed by atoms with Gasteiger partial charge in [0.1, 0.15) is 11.7 Å². The summed E-state index contributed by atoms with van der Waals surface area (Å²) in [4.78, 5) is 23.6. The standard InChI is InChI=1S/C17H21N3O3/c1-4-14(13-7-5-11(2)6-8-13)19-16(21)15-9-10-18-20(15)12(3)17(22)23/h5-10,12,14H,4H2,1-3H3,(H,19,21)(H,22,23). The highest BCUT2D eigenvalue weighted by atomic mass is 16.4. The van der Waals surface area contributed by atoms with Gasteiger partial charge in [0.2, 0.25) is 0 Å². The first-order chi connectivity index (χ1) is 10.9. The number of aryl methyl sites for hydroxylation is 1. The van der Waals surface area contributed by atoms with Crippen LogP contribution in [0.5, 0.6) is 0 Å². The Labute approximate surface area is 135 Å². The maximum Gasteiger partial charge on any atom is 0.328 e. The lowest BCUT2D eigenvalue weighted by molar-refractivity contribution is -0.140. The second kappa shape index (κ2) is 7.09. The average Bonchev–Trinajstić information content (AvgIpc) is 3.02. The molecular weight excluding hydrogens is 294 g/mol. The number of amides is 1. The number of rotatable bonds is 6. The van der Waals surface area contributed by atoms with Crippen LogP contribution in [0.3, 0.4) is 0 Å². The number of carboxylic acids is 1. The van der Waals surface area contributed by atoms with Gasteiger partial charge in [-0.05, 0) is 31.9 Å². The smallest absolute Gasteiger partial charge is 0.328 e. The lowest BCUT2D eigenvalue weighted by Gasteiger charge is -2.19. The Balaban J connectivity index is 2.19. The molecule has 0 bridgehead atoms. The van der Waals surface area contributed by atoms with Gasteiger partial charge in [-0.25, -0.2) is 9.48 Å². The fourth-order valence-electron chi connectivity index (χ4n) is 2.36. The van der Waals surface area contributed by atoms with Crippen molar-refractivity contribution in [1.82, 2.24) is 15.1 Å². The van der Waals surface area contributed by atoms with Crippen LogP contribution in [-0.2, 0) is 4.79 Å². The van der Waals surface area contributed by atoms with Crippen LogP contribution in [0.15, 0.2) is 36.5 Å². The van der Waals surface area contributed by atoms with E-state index in [9.17, 15) is 9.59 Å². The van der Waals surface area contributed by atoms with Crippen molar-refractivity contribution in [2.45, 2.75) is 39.3 Å². The van der Waals surface area contributed by atoms with E-state index in [4.69, 9.17) is 5.11 Å². The zero-order valence-corrected chi connectivity index (χ0v) is 13.5. The lowest BCUT2D eigenvalue weighted by atomic mass is 10.0. The number of nitrogens with zero attached hydrogens (tertiary/aromatic N) is 2. The topological polar surface area (TPSA) is 84.2 Å². The summed E-state index contributed by atoms with van der Waals surface area (Å²) < 4.78 is 1.22. The highest BCUT2D eigenvalue weighted by Gasteiger charge is 2.22. The molecule has 6 heteroatoms. The molecule has 23 heavy (non-hydrogen) atoms. The minimum absolute atomic E-state index is 0.133. The van der Waals surface area contributed by atoms with Gasteiger partial charge in [0.15, 0.2) is 0 Å². The summed E-state index contributed by atoms with van der Waals surface area (Å²) in [5.74, 6) is -1.36. The van der Waals surface area contributed by atoms with Crippen molar-refractivity contribution in [3.63, 3.8) is 0 Å². The number of hydrogen-bond acceptors (Lipinski definition) is 3. The van der Waals surface area contributed by atoms with Gasteiger partial charge in [-0.3, -0.25) is 4.79 Å². The SMILES string of the molecule is CCC(NC(=O)c1ccnn1C(C)C(=O)O)c1ccc(C)cc1. The van der Waals surface area contributed by atoms with E-state index in [0.29, 0.717) is 0 Å². The van der Waals surface area contributed by atoms with E-state index in [1.54, 1.807) is 0 Å². The fraction of sp³-hybridized carbons (Fsp3) is 0.353. The molecule has 2 aromatic rings. The van der Waals surface area contributed by atoms with Crippen LogP contribution in [-0.4, -0.2) is 26.8 Å². The van der Waals surface area contributed by atoms with E-state index < -0.39 is 12.0 Å². The maximum atomic E-state index is 12.5. The number of hydrogen-bond donors (Lipinski definition) is 2. The molecule has 0 aliphatic rings. The third kappa shape index (κ3) is 3.77. The van der Waals surface area contributed by atoms with Crippen molar-refractivity contribution in [3.8, 4) is 0 Å². The van der Waals surface area contributed by atoms with E-state index in [1.165, 1.54) is 23.9 Å².